The van der Waals surface area contributed by atoms with Crippen molar-refractivity contribution in [1.82, 2.24) is 4.90 Å². The Bertz CT molecular complexity index is 247. The van der Waals surface area contributed by atoms with Crippen LogP contribution in [0.15, 0.2) is 0 Å². The Morgan fingerprint density at radius 3 is 2.69 bits per heavy atom. The van der Waals surface area contributed by atoms with Crippen LogP contribution >= 0.6 is 0 Å². The largest absolute Gasteiger partial charge is 0.293 e. The first-order chi connectivity index (χ1) is 6.11. The van der Waals surface area contributed by atoms with Crippen molar-refractivity contribution in [3.63, 3.8) is 0 Å². The summed E-state index contributed by atoms with van der Waals surface area (Å²) in [6.07, 6.45) is 2.31. The number of likely N-dealkylation sites (tertiary alicyclic amines) is 1. The first-order valence-electron chi connectivity index (χ1n) is 4.87. The molecule has 0 N–H and O–H groups in total. The van der Waals surface area contributed by atoms with Crippen molar-refractivity contribution in [1.29, 1.82) is 0 Å². The maximum atomic E-state index is 11.2. The van der Waals surface area contributed by atoms with Crippen LogP contribution in [0.25, 0.3) is 0 Å². The van der Waals surface area contributed by atoms with Crippen molar-refractivity contribution in [2.45, 2.75) is 32.7 Å². The molecular weight excluding hydrogens is 162 g/mol. The van der Waals surface area contributed by atoms with Gasteiger partial charge < -0.3 is 0 Å². The van der Waals surface area contributed by atoms with Crippen molar-refractivity contribution >= 4 is 5.78 Å². The van der Waals surface area contributed by atoms with Gasteiger partial charge in [0.1, 0.15) is 0 Å². The molecule has 2 heteroatoms. The topological polar surface area (TPSA) is 20.3 Å². The fourth-order valence-corrected chi connectivity index (χ4v) is 1.39. The third-order valence-electron chi connectivity index (χ3n) is 2.41. The van der Waals surface area contributed by atoms with Crippen LogP contribution in [-0.2, 0) is 4.79 Å². The van der Waals surface area contributed by atoms with E-state index in [1.807, 2.05) is 13.8 Å². The third-order valence-corrected chi connectivity index (χ3v) is 2.41. The Balaban J connectivity index is 2.51. The Hall–Kier alpha value is -0.810. The van der Waals surface area contributed by atoms with E-state index >= 15 is 0 Å². The van der Waals surface area contributed by atoms with Gasteiger partial charge in [-0.25, -0.2) is 0 Å². The lowest BCUT2D eigenvalue weighted by Crippen LogP contribution is -2.23. The Morgan fingerprint density at radius 2 is 2.23 bits per heavy atom. The fourth-order valence-electron chi connectivity index (χ4n) is 1.39. The van der Waals surface area contributed by atoms with Crippen molar-refractivity contribution < 1.29 is 4.79 Å². The van der Waals surface area contributed by atoms with Crippen LogP contribution in [-0.4, -0.2) is 30.3 Å². The molecule has 2 nitrogen and oxygen atoms in total. The first-order valence-corrected chi connectivity index (χ1v) is 4.87. The second-order valence-corrected chi connectivity index (χ2v) is 3.93. The minimum Gasteiger partial charge on any atom is -0.293 e. The van der Waals surface area contributed by atoms with E-state index < -0.39 is 0 Å². The number of hydrogen-bond donors (Lipinski definition) is 0. The van der Waals surface area contributed by atoms with E-state index in [4.69, 9.17) is 0 Å². The molecular formula is C11H17NO. The second-order valence-electron chi connectivity index (χ2n) is 3.93. The van der Waals surface area contributed by atoms with Gasteiger partial charge in [0.05, 0.1) is 6.04 Å². The van der Waals surface area contributed by atoms with Crippen LogP contribution in [0.2, 0.25) is 0 Å². The summed E-state index contributed by atoms with van der Waals surface area (Å²) >= 11 is 0. The number of rotatable bonds is 1. The number of ketones is 1. The zero-order valence-corrected chi connectivity index (χ0v) is 8.63. The van der Waals surface area contributed by atoms with Crippen LogP contribution in [0.3, 0.4) is 0 Å². The number of carbonyl (C=O) groups excluding carboxylic acids is 1. The normalized spacial score (nSPS) is 22.9. The SMILES string of the molecule is CC(C)C(=O)C#CC1CCCN1C. The number of carbonyl (C=O) groups is 1. The molecule has 0 saturated carbocycles. The van der Waals surface area contributed by atoms with Gasteiger partial charge in [-0.05, 0) is 32.4 Å². The molecule has 1 heterocycles. The fraction of sp³-hybridized carbons (Fsp3) is 0.727. The van der Waals surface area contributed by atoms with Gasteiger partial charge in [0, 0.05) is 5.92 Å². The lowest BCUT2D eigenvalue weighted by molar-refractivity contribution is -0.116. The summed E-state index contributed by atoms with van der Waals surface area (Å²) in [6, 6.07) is 0.308. The summed E-state index contributed by atoms with van der Waals surface area (Å²) in [5.41, 5.74) is 0. The van der Waals surface area contributed by atoms with Crippen LogP contribution in [0, 0.1) is 17.8 Å². The average molecular weight is 179 g/mol. The van der Waals surface area contributed by atoms with Gasteiger partial charge in [-0.15, -0.1) is 0 Å². The average Bonchev–Trinajstić information content (AvgIpc) is 2.47. The molecule has 1 saturated heterocycles. The van der Waals surface area contributed by atoms with Crippen LogP contribution in [0.1, 0.15) is 26.7 Å². The molecule has 0 amide bonds. The molecule has 1 rings (SSSR count). The minimum atomic E-state index is 0.0409. The number of nitrogens with zero attached hydrogens (tertiary/aromatic N) is 1. The van der Waals surface area contributed by atoms with E-state index in [0.717, 1.165) is 13.0 Å². The van der Waals surface area contributed by atoms with Gasteiger partial charge in [-0.1, -0.05) is 19.8 Å². The van der Waals surface area contributed by atoms with Crippen LogP contribution in [0.4, 0.5) is 0 Å². The predicted molar refractivity (Wildman–Crippen MR) is 53.3 cm³/mol. The van der Waals surface area contributed by atoms with Gasteiger partial charge in [0.25, 0.3) is 0 Å². The molecule has 1 fully saturated rings. The van der Waals surface area contributed by atoms with Crippen LogP contribution in [0.5, 0.6) is 0 Å². The van der Waals surface area contributed by atoms with Gasteiger partial charge >= 0.3 is 0 Å². The molecule has 0 radical (unpaired) electrons. The Kier molecular flexibility index (Phi) is 3.50. The van der Waals surface area contributed by atoms with E-state index in [-0.39, 0.29) is 11.7 Å². The van der Waals surface area contributed by atoms with Gasteiger partial charge in [-0.2, -0.15) is 0 Å². The highest BCUT2D eigenvalue weighted by molar-refractivity contribution is 5.96. The van der Waals surface area contributed by atoms with E-state index in [9.17, 15) is 4.79 Å². The predicted octanol–water partition coefficient (Wildman–Crippen LogP) is 1.31. The minimum absolute atomic E-state index is 0.0409. The Morgan fingerprint density at radius 1 is 1.54 bits per heavy atom. The summed E-state index contributed by atoms with van der Waals surface area (Å²) in [7, 11) is 2.06. The lowest BCUT2D eigenvalue weighted by atomic mass is 10.1. The standard InChI is InChI=1S/C11H17NO/c1-9(2)11(13)7-6-10-5-4-8-12(10)3/h9-10H,4-5,8H2,1-3H3. The lowest BCUT2D eigenvalue weighted by Gasteiger charge is -2.12. The highest BCUT2D eigenvalue weighted by Gasteiger charge is 2.18. The van der Waals surface area contributed by atoms with Crippen molar-refractivity contribution in [3.05, 3.63) is 0 Å². The molecule has 72 valence electrons. The molecule has 0 bridgehead atoms. The molecule has 0 aliphatic carbocycles. The maximum absolute atomic E-state index is 11.2. The van der Waals surface area contributed by atoms with E-state index in [1.165, 1.54) is 6.42 Å². The Labute approximate surface area is 80.3 Å². The molecule has 1 unspecified atom stereocenters. The van der Waals surface area contributed by atoms with Crippen molar-refractivity contribution in [2.75, 3.05) is 13.6 Å². The van der Waals surface area contributed by atoms with E-state index in [2.05, 4.69) is 23.8 Å². The first kappa shape index (κ1) is 10.3. The quantitative estimate of drug-likeness (QED) is 0.447. The molecule has 1 aliphatic heterocycles. The third kappa shape index (κ3) is 2.86. The molecule has 0 aromatic carbocycles. The molecule has 0 aromatic rings. The second kappa shape index (κ2) is 4.43. The van der Waals surface area contributed by atoms with Crippen molar-refractivity contribution in [3.8, 4) is 11.8 Å². The maximum Gasteiger partial charge on any atom is 0.208 e. The molecule has 13 heavy (non-hydrogen) atoms. The summed E-state index contributed by atoms with van der Waals surface area (Å²) in [5, 5.41) is 0. The van der Waals surface area contributed by atoms with Gasteiger partial charge in [0.15, 0.2) is 0 Å². The zero-order valence-electron chi connectivity index (χ0n) is 8.63. The monoisotopic (exact) mass is 179 g/mol. The van der Waals surface area contributed by atoms with Gasteiger partial charge in [-0.3, -0.25) is 9.69 Å². The number of Topliss-reactive ketones (excluding diaryl/α,β-unsaturated/α-hetero) is 1. The molecule has 0 spiro atoms. The smallest absolute Gasteiger partial charge is 0.208 e. The summed E-state index contributed by atoms with van der Waals surface area (Å²) in [6.45, 7) is 4.87. The molecule has 1 atom stereocenters. The van der Waals surface area contributed by atoms with Crippen molar-refractivity contribution in [2.24, 2.45) is 5.92 Å². The van der Waals surface area contributed by atoms with E-state index in [1.54, 1.807) is 0 Å². The molecule has 1 aliphatic rings. The summed E-state index contributed by atoms with van der Waals surface area (Å²) in [5.74, 6) is 5.86. The van der Waals surface area contributed by atoms with E-state index in [0.29, 0.717) is 6.04 Å². The van der Waals surface area contributed by atoms with Crippen LogP contribution < -0.4 is 0 Å². The number of hydrogen-bond acceptors (Lipinski definition) is 2. The highest BCUT2D eigenvalue weighted by Crippen LogP contribution is 2.13. The highest BCUT2D eigenvalue weighted by atomic mass is 16.1. The molecule has 0 aromatic heterocycles. The summed E-state index contributed by atoms with van der Waals surface area (Å²) in [4.78, 5) is 13.4. The summed E-state index contributed by atoms with van der Waals surface area (Å²) < 4.78 is 0. The van der Waals surface area contributed by atoms with Gasteiger partial charge in [0.2, 0.25) is 5.78 Å². The zero-order chi connectivity index (χ0) is 9.84.